The van der Waals surface area contributed by atoms with Crippen molar-refractivity contribution in [2.45, 2.75) is 58.3 Å². The number of likely N-dealkylation sites (tertiary alicyclic amines) is 1. The van der Waals surface area contributed by atoms with Crippen LogP contribution in [0.3, 0.4) is 0 Å². The Morgan fingerprint density at radius 2 is 1.81 bits per heavy atom. The number of carbonyl (C=O) groups is 1. The SMILES string of the molecule is CC(C)(C)OC(=O)N1CCC(OCc2ccc(OC(F)(F)F)cc2F)CC1. The maximum absolute atomic E-state index is 13.9. The van der Waals surface area contributed by atoms with Crippen molar-refractivity contribution in [3.63, 3.8) is 0 Å². The van der Waals surface area contributed by atoms with Crippen LogP contribution in [0, 0.1) is 5.82 Å². The molecule has 0 spiro atoms. The van der Waals surface area contributed by atoms with Crippen molar-refractivity contribution in [2.24, 2.45) is 0 Å². The van der Waals surface area contributed by atoms with Crippen molar-refractivity contribution < 1.29 is 36.6 Å². The number of alkyl halides is 3. The van der Waals surface area contributed by atoms with Crippen LogP contribution in [-0.2, 0) is 16.1 Å². The Hall–Kier alpha value is -2.03. The van der Waals surface area contributed by atoms with Gasteiger partial charge in [-0.15, -0.1) is 13.2 Å². The Labute approximate surface area is 155 Å². The van der Waals surface area contributed by atoms with Gasteiger partial charge in [-0.05, 0) is 39.7 Å². The van der Waals surface area contributed by atoms with Gasteiger partial charge in [-0.25, -0.2) is 9.18 Å². The number of amides is 1. The first-order valence-corrected chi connectivity index (χ1v) is 8.57. The van der Waals surface area contributed by atoms with E-state index in [1.165, 1.54) is 6.07 Å². The Bertz CT molecular complexity index is 650. The molecular formula is C18H23F4NO4. The zero-order chi connectivity index (χ0) is 20.2. The van der Waals surface area contributed by atoms with Crippen LogP contribution in [0.15, 0.2) is 18.2 Å². The van der Waals surface area contributed by atoms with Crippen molar-refractivity contribution in [2.75, 3.05) is 13.1 Å². The normalized spacial score (nSPS) is 16.3. The van der Waals surface area contributed by atoms with Crippen molar-refractivity contribution >= 4 is 6.09 Å². The minimum absolute atomic E-state index is 0.0742. The number of hydrogen-bond acceptors (Lipinski definition) is 4. The summed E-state index contributed by atoms with van der Waals surface area (Å²) in [5, 5.41) is 0. The molecule has 0 saturated carbocycles. The van der Waals surface area contributed by atoms with E-state index in [1.807, 2.05) is 0 Å². The smallest absolute Gasteiger partial charge is 0.444 e. The van der Waals surface area contributed by atoms with Gasteiger partial charge in [0, 0.05) is 24.7 Å². The molecule has 1 aliphatic heterocycles. The molecule has 5 nitrogen and oxygen atoms in total. The number of ether oxygens (including phenoxy) is 3. The first-order valence-electron chi connectivity index (χ1n) is 8.57. The zero-order valence-corrected chi connectivity index (χ0v) is 15.4. The summed E-state index contributed by atoms with van der Waals surface area (Å²) in [5.74, 6) is -1.45. The van der Waals surface area contributed by atoms with Gasteiger partial charge in [-0.3, -0.25) is 0 Å². The first kappa shape index (κ1) is 21.3. The molecular weight excluding hydrogens is 370 g/mol. The van der Waals surface area contributed by atoms with Crippen molar-refractivity contribution in [1.29, 1.82) is 0 Å². The van der Waals surface area contributed by atoms with E-state index in [4.69, 9.17) is 9.47 Å². The average molecular weight is 393 g/mol. The number of benzene rings is 1. The lowest BCUT2D eigenvalue weighted by Gasteiger charge is -2.33. The highest BCUT2D eigenvalue weighted by molar-refractivity contribution is 5.68. The molecule has 1 amide bonds. The predicted octanol–water partition coefficient (Wildman–Crippen LogP) is 4.64. The lowest BCUT2D eigenvalue weighted by Crippen LogP contribution is -2.43. The zero-order valence-electron chi connectivity index (χ0n) is 15.4. The molecule has 0 N–H and O–H groups in total. The molecule has 0 aliphatic carbocycles. The summed E-state index contributed by atoms with van der Waals surface area (Å²) in [6.45, 7) is 6.22. The molecule has 0 bridgehead atoms. The topological polar surface area (TPSA) is 48.0 Å². The molecule has 9 heteroatoms. The third kappa shape index (κ3) is 7.24. The van der Waals surface area contributed by atoms with Crippen molar-refractivity contribution in [3.8, 4) is 5.75 Å². The highest BCUT2D eigenvalue weighted by atomic mass is 19.4. The second-order valence-corrected chi connectivity index (χ2v) is 7.28. The van der Waals surface area contributed by atoms with E-state index in [9.17, 15) is 22.4 Å². The molecule has 1 aromatic carbocycles. The highest BCUT2D eigenvalue weighted by Crippen LogP contribution is 2.25. The summed E-state index contributed by atoms with van der Waals surface area (Å²) in [4.78, 5) is 13.6. The van der Waals surface area contributed by atoms with Crippen LogP contribution in [0.4, 0.5) is 22.4 Å². The Balaban J connectivity index is 1.81. The van der Waals surface area contributed by atoms with Crippen LogP contribution in [-0.4, -0.2) is 42.2 Å². The summed E-state index contributed by atoms with van der Waals surface area (Å²) in [7, 11) is 0. The molecule has 1 heterocycles. The number of nitrogens with zero attached hydrogens (tertiary/aromatic N) is 1. The largest absolute Gasteiger partial charge is 0.573 e. The molecule has 1 fully saturated rings. The molecule has 1 aliphatic rings. The van der Waals surface area contributed by atoms with E-state index in [0.717, 1.165) is 6.07 Å². The average Bonchev–Trinajstić information content (AvgIpc) is 2.51. The first-order chi connectivity index (χ1) is 12.4. The lowest BCUT2D eigenvalue weighted by atomic mass is 10.1. The lowest BCUT2D eigenvalue weighted by molar-refractivity contribution is -0.274. The van der Waals surface area contributed by atoms with Gasteiger partial charge in [0.1, 0.15) is 17.2 Å². The quantitative estimate of drug-likeness (QED) is 0.700. The maximum atomic E-state index is 13.9. The molecule has 152 valence electrons. The van der Waals surface area contributed by atoms with Gasteiger partial charge in [0.25, 0.3) is 0 Å². The molecule has 27 heavy (non-hydrogen) atoms. The summed E-state index contributed by atoms with van der Waals surface area (Å²) in [6.07, 6.45) is -4.29. The molecule has 0 atom stereocenters. The fraction of sp³-hybridized carbons (Fsp3) is 0.611. The van der Waals surface area contributed by atoms with E-state index in [1.54, 1.807) is 25.7 Å². The Kier molecular flexibility index (Phi) is 6.56. The minimum Gasteiger partial charge on any atom is -0.444 e. The van der Waals surface area contributed by atoms with E-state index in [2.05, 4.69) is 4.74 Å². The third-order valence-corrected chi connectivity index (χ3v) is 3.83. The molecule has 1 saturated heterocycles. The van der Waals surface area contributed by atoms with Crippen LogP contribution in [0.1, 0.15) is 39.2 Å². The third-order valence-electron chi connectivity index (χ3n) is 3.83. The summed E-state index contributed by atoms with van der Waals surface area (Å²) >= 11 is 0. The molecule has 2 rings (SSSR count). The number of halogens is 4. The van der Waals surface area contributed by atoms with Crippen LogP contribution in [0.25, 0.3) is 0 Å². The van der Waals surface area contributed by atoms with Gasteiger partial charge in [-0.1, -0.05) is 6.07 Å². The van der Waals surface area contributed by atoms with Gasteiger partial charge in [0.05, 0.1) is 12.7 Å². The van der Waals surface area contributed by atoms with Gasteiger partial charge >= 0.3 is 12.5 Å². The minimum atomic E-state index is -4.87. The summed E-state index contributed by atoms with van der Waals surface area (Å²) in [5.41, 5.74) is -0.427. The van der Waals surface area contributed by atoms with Crippen LogP contribution in [0.2, 0.25) is 0 Å². The number of piperidine rings is 1. The van der Waals surface area contributed by atoms with Crippen LogP contribution in [0.5, 0.6) is 5.75 Å². The highest BCUT2D eigenvalue weighted by Gasteiger charge is 2.31. The maximum Gasteiger partial charge on any atom is 0.573 e. The second-order valence-electron chi connectivity index (χ2n) is 7.28. The fourth-order valence-electron chi connectivity index (χ4n) is 2.58. The summed E-state index contributed by atoms with van der Waals surface area (Å²) < 4.78 is 64.9. The summed E-state index contributed by atoms with van der Waals surface area (Å²) in [6, 6.07) is 2.92. The number of carbonyl (C=O) groups excluding carboxylic acids is 1. The van der Waals surface area contributed by atoms with Crippen LogP contribution >= 0.6 is 0 Å². The van der Waals surface area contributed by atoms with E-state index < -0.39 is 23.5 Å². The molecule has 0 radical (unpaired) electrons. The number of rotatable bonds is 4. The van der Waals surface area contributed by atoms with Gasteiger partial charge in [0.15, 0.2) is 0 Å². The molecule has 1 aromatic rings. The standard InChI is InChI=1S/C18H23F4NO4/c1-17(2,3)27-16(24)23-8-6-13(7-9-23)25-11-12-4-5-14(10-15(12)19)26-18(20,21)22/h4-5,10,13H,6-9,11H2,1-3H3. The van der Waals surface area contributed by atoms with Crippen molar-refractivity contribution in [3.05, 3.63) is 29.6 Å². The number of hydrogen-bond donors (Lipinski definition) is 0. The molecule has 0 aromatic heterocycles. The fourth-order valence-corrected chi connectivity index (χ4v) is 2.58. The Morgan fingerprint density at radius 1 is 1.19 bits per heavy atom. The van der Waals surface area contributed by atoms with E-state index in [0.29, 0.717) is 32.0 Å². The van der Waals surface area contributed by atoms with Crippen LogP contribution < -0.4 is 4.74 Å². The van der Waals surface area contributed by atoms with Crippen molar-refractivity contribution in [1.82, 2.24) is 4.90 Å². The Morgan fingerprint density at radius 3 is 2.33 bits per heavy atom. The predicted molar refractivity (Wildman–Crippen MR) is 88.7 cm³/mol. The van der Waals surface area contributed by atoms with E-state index in [-0.39, 0.29) is 24.4 Å². The second kappa shape index (κ2) is 8.33. The molecule has 0 unspecified atom stereocenters. The van der Waals surface area contributed by atoms with E-state index >= 15 is 0 Å². The monoisotopic (exact) mass is 393 g/mol. The van der Waals surface area contributed by atoms with Gasteiger partial charge in [0.2, 0.25) is 0 Å². The van der Waals surface area contributed by atoms with Gasteiger partial charge in [-0.2, -0.15) is 0 Å². The van der Waals surface area contributed by atoms with Gasteiger partial charge < -0.3 is 19.1 Å².